The average molecular weight is 348 g/mol. The lowest BCUT2D eigenvalue weighted by atomic mass is 10.1. The van der Waals surface area contributed by atoms with E-state index in [9.17, 15) is 13.2 Å². The first kappa shape index (κ1) is 16.7. The molecule has 128 valence electrons. The number of nitrogens with one attached hydrogen (secondary N) is 1. The smallest absolute Gasteiger partial charge is 0.247 e. The Balaban J connectivity index is 2.12. The van der Waals surface area contributed by atoms with Gasteiger partial charge in [0.1, 0.15) is 10.9 Å². The van der Waals surface area contributed by atoms with E-state index in [1.165, 1.54) is 4.31 Å². The van der Waals surface area contributed by atoms with Crippen LogP contribution in [0.4, 0.5) is 0 Å². The first-order valence-corrected chi connectivity index (χ1v) is 9.12. The molecule has 8 heteroatoms. The highest BCUT2D eigenvalue weighted by Crippen LogP contribution is 2.32. The van der Waals surface area contributed by atoms with Crippen LogP contribution in [0.25, 0.3) is 0 Å². The van der Waals surface area contributed by atoms with E-state index in [-0.39, 0.29) is 17.3 Å². The molecule has 2 aromatic rings. The summed E-state index contributed by atoms with van der Waals surface area (Å²) in [6.45, 7) is 3.90. The molecule has 2 heterocycles. The van der Waals surface area contributed by atoms with Crippen molar-refractivity contribution in [2.45, 2.75) is 24.8 Å². The molecule has 0 aliphatic carbocycles. The zero-order valence-electron chi connectivity index (χ0n) is 13.9. The molecule has 1 amide bonds. The van der Waals surface area contributed by atoms with Crippen molar-refractivity contribution in [2.24, 2.45) is 7.05 Å². The van der Waals surface area contributed by atoms with Gasteiger partial charge in [-0.05, 0) is 19.4 Å². The van der Waals surface area contributed by atoms with E-state index in [0.717, 1.165) is 0 Å². The first-order valence-electron chi connectivity index (χ1n) is 7.68. The molecule has 0 bridgehead atoms. The van der Waals surface area contributed by atoms with Crippen LogP contribution in [0.2, 0.25) is 0 Å². The third kappa shape index (κ3) is 2.61. The van der Waals surface area contributed by atoms with E-state index in [1.54, 1.807) is 49.8 Å². The highest BCUT2D eigenvalue weighted by Gasteiger charge is 2.41. The minimum absolute atomic E-state index is 0.181. The number of amides is 1. The molecular formula is C16H20N4O3S. The number of aromatic nitrogens is 2. The zero-order valence-corrected chi connectivity index (χ0v) is 14.7. The Labute approximate surface area is 141 Å². The van der Waals surface area contributed by atoms with Crippen LogP contribution in [0, 0.1) is 13.8 Å². The summed E-state index contributed by atoms with van der Waals surface area (Å²) in [5.41, 5.74) is 1.65. The van der Waals surface area contributed by atoms with E-state index in [2.05, 4.69) is 10.4 Å². The molecule has 1 unspecified atom stereocenters. The minimum atomic E-state index is -3.84. The van der Waals surface area contributed by atoms with Gasteiger partial charge in [-0.2, -0.15) is 9.40 Å². The van der Waals surface area contributed by atoms with Gasteiger partial charge in [0.15, 0.2) is 0 Å². The van der Waals surface area contributed by atoms with Gasteiger partial charge in [-0.15, -0.1) is 0 Å². The molecular weight excluding hydrogens is 328 g/mol. The number of aryl methyl sites for hydroxylation is 2. The molecule has 1 saturated heterocycles. The van der Waals surface area contributed by atoms with Crippen molar-refractivity contribution in [3.05, 3.63) is 47.3 Å². The van der Waals surface area contributed by atoms with Gasteiger partial charge in [0.2, 0.25) is 15.9 Å². The molecule has 1 fully saturated rings. The van der Waals surface area contributed by atoms with Crippen molar-refractivity contribution >= 4 is 15.9 Å². The monoisotopic (exact) mass is 348 g/mol. The Hall–Kier alpha value is -2.19. The standard InChI is InChI=1S/C16H20N4O3S/c1-11-15(12(2)19(3)18-11)24(22,23)20-10-9-17-16(21)14(20)13-7-5-4-6-8-13/h4-8,14H,9-10H2,1-3H3,(H,17,21). The van der Waals surface area contributed by atoms with Gasteiger partial charge in [-0.3, -0.25) is 9.48 Å². The fourth-order valence-corrected chi connectivity index (χ4v) is 5.08. The Kier molecular flexibility index (Phi) is 4.18. The van der Waals surface area contributed by atoms with Crippen LogP contribution in [-0.2, 0) is 21.9 Å². The van der Waals surface area contributed by atoms with Gasteiger partial charge in [-0.25, -0.2) is 8.42 Å². The van der Waals surface area contributed by atoms with Crippen molar-refractivity contribution in [3.63, 3.8) is 0 Å². The van der Waals surface area contributed by atoms with Crippen molar-refractivity contribution in [1.82, 2.24) is 19.4 Å². The molecule has 1 N–H and O–H groups in total. The van der Waals surface area contributed by atoms with Crippen LogP contribution in [-0.4, -0.2) is 41.5 Å². The summed E-state index contributed by atoms with van der Waals surface area (Å²) in [7, 11) is -2.14. The van der Waals surface area contributed by atoms with Gasteiger partial charge >= 0.3 is 0 Å². The number of benzene rings is 1. The van der Waals surface area contributed by atoms with Crippen molar-refractivity contribution < 1.29 is 13.2 Å². The lowest BCUT2D eigenvalue weighted by Gasteiger charge is -2.34. The fraction of sp³-hybridized carbons (Fsp3) is 0.375. The summed E-state index contributed by atoms with van der Waals surface area (Å²) in [6, 6.07) is 8.08. The number of carbonyl (C=O) groups excluding carboxylic acids is 1. The third-order valence-electron chi connectivity index (χ3n) is 4.29. The molecule has 3 rings (SSSR count). The van der Waals surface area contributed by atoms with Crippen LogP contribution in [0.5, 0.6) is 0 Å². The zero-order chi connectivity index (χ0) is 17.5. The Morgan fingerprint density at radius 2 is 1.88 bits per heavy atom. The predicted octanol–water partition coefficient (Wildman–Crippen LogP) is 0.899. The van der Waals surface area contributed by atoms with Crippen LogP contribution in [0.1, 0.15) is 23.0 Å². The van der Waals surface area contributed by atoms with Gasteiger partial charge < -0.3 is 5.32 Å². The molecule has 1 aromatic heterocycles. The maximum Gasteiger partial charge on any atom is 0.247 e. The second kappa shape index (κ2) is 6.03. The normalized spacial score (nSPS) is 19.3. The Bertz CT molecular complexity index is 874. The minimum Gasteiger partial charge on any atom is -0.353 e. The average Bonchev–Trinajstić information content (AvgIpc) is 2.81. The highest BCUT2D eigenvalue weighted by molar-refractivity contribution is 7.89. The van der Waals surface area contributed by atoms with Crippen molar-refractivity contribution in [2.75, 3.05) is 13.1 Å². The van der Waals surface area contributed by atoms with Gasteiger partial charge in [0.05, 0.1) is 11.4 Å². The number of hydrogen-bond donors (Lipinski definition) is 1. The molecule has 0 saturated carbocycles. The largest absolute Gasteiger partial charge is 0.353 e. The molecule has 0 spiro atoms. The molecule has 1 atom stereocenters. The first-order chi connectivity index (χ1) is 11.3. The van der Waals surface area contributed by atoms with Crippen LogP contribution < -0.4 is 5.32 Å². The Morgan fingerprint density at radius 3 is 2.46 bits per heavy atom. The van der Waals surface area contributed by atoms with Crippen LogP contribution in [0.15, 0.2) is 35.2 Å². The number of nitrogens with zero attached hydrogens (tertiary/aromatic N) is 3. The predicted molar refractivity (Wildman–Crippen MR) is 88.8 cm³/mol. The summed E-state index contributed by atoms with van der Waals surface area (Å²) >= 11 is 0. The highest BCUT2D eigenvalue weighted by atomic mass is 32.2. The second-order valence-electron chi connectivity index (χ2n) is 5.84. The summed E-state index contributed by atoms with van der Waals surface area (Å²) in [6.07, 6.45) is 0. The van der Waals surface area contributed by atoms with Crippen molar-refractivity contribution in [3.8, 4) is 0 Å². The number of carbonyl (C=O) groups is 1. The Morgan fingerprint density at radius 1 is 1.21 bits per heavy atom. The maximum atomic E-state index is 13.3. The topological polar surface area (TPSA) is 84.3 Å². The quantitative estimate of drug-likeness (QED) is 0.893. The summed E-state index contributed by atoms with van der Waals surface area (Å²) in [4.78, 5) is 12.6. The van der Waals surface area contributed by atoms with E-state index < -0.39 is 16.1 Å². The SMILES string of the molecule is Cc1nn(C)c(C)c1S(=O)(=O)N1CCNC(=O)C1c1ccccc1. The molecule has 1 aliphatic heterocycles. The molecule has 1 aromatic carbocycles. The van der Waals surface area contributed by atoms with E-state index >= 15 is 0 Å². The number of hydrogen-bond acceptors (Lipinski definition) is 4. The van der Waals surface area contributed by atoms with E-state index in [1.807, 2.05) is 6.07 Å². The molecule has 7 nitrogen and oxygen atoms in total. The third-order valence-corrected chi connectivity index (χ3v) is 6.41. The van der Waals surface area contributed by atoms with Crippen LogP contribution in [0.3, 0.4) is 0 Å². The lowest BCUT2D eigenvalue weighted by Crippen LogP contribution is -2.52. The maximum absolute atomic E-state index is 13.3. The van der Waals surface area contributed by atoms with Gasteiger partial charge in [0, 0.05) is 20.1 Å². The summed E-state index contributed by atoms with van der Waals surface area (Å²) in [5, 5.41) is 6.95. The number of piperazine rings is 1. The number of sulfonamides is 1. The number of rotatable bonds is 3. The summed E-state index contributed by atoms with van der Waals surface area (Å²) in [5.74, 6) is -0.310. The van der Waals surface area contributed by atoms with Gasteiger partial charge in [0.25, 0.3) is 0 Å². The lowest BCUT2D eigenvalue weighted by molar-refractivity contribution is -0.126. The van der Waals surface area contributed by atoms with Gasteiger partial charge in [-0.1, -0.05) is 30.3 Å². The van der Waals surface area contributed by atoms with E-state index in [0.29, 0.717) is 23.5 Å². The van der Waals surface area contributed by atoms with E-state index in [4.69, 9.17) is 0 Å². The fourth-order valence-electron chi connectivity index (χ4n) is 3.10. The molecule has 1 aliphatic rings. The van der Waals surface area contributed by atoms with Crippen molar-refractivity contribution in [1.29, 1.82) is 0 Å². The molecule has 24 heavy (non-hydrogen) atoms. The van der Waals surface area contributed by atoms with Crippen LogP contribution >= 0.6 is 0 Å². The molecule has 0 radical (unpaired) electrons. The second-order valence-corrected chi connectivity index (χ2v) is 7.67. The summed E-state index contributed by atoms with van der Waals surface area (Å²) < 4.78 is 29.3.